The third kappa shape index (κ3) is 4.55. The average Bonchev–Trinajstić information content (AvgIpc) is 2.72. The van der Waals surface area contributed by atoms with Gasteiger partial charge in [-0.05, 0) is 61.7 Å². The van der Waals surface area contributed by atoms with Gasteiger partial charge in [0.15, 0.2) is 0 Å². The van der Waals surface area contributed by atoms with Gasteiger partial charge in [-0.3, -0.25) is 4.90 Å². The van der Waals surface area contributed by atoms with Crippen LogP contribution in [-0.2, 0) is 9.47 Å². The molecule has 3 aliphatic heterocycles. The minimum absolute atomic E-state index is 0.0584. The zero-order valence-corrected chi connectivity index (χ0v) is 18.2. The number of pyridine rings is 2. The number of anilines is 3. The summed E-state index contributed by atoms with van der Waals surface area (Å²) in [5, 5.41) is 3.15. The summed E-state index contributed by atoms with van der Waals surface area (Å²) in [6.07, 6.45) is 1.24. The summed E-state index contributed by atoms with van der Waals surface area (Å²) >= 11 is 0. The van der Waals surface area contributed by atoms with E-state index in [0.29, 0.717) is 23.6 Å². The van der Waals surface area contributed by atoms with E-state index in [1.807, 2.05) is 6.07 Å². The smallest absolute Gasteiger partial charge is 0.264 e. The highest BCUT2D eigenvalue weighted by Gasteiger charge is 2.32. The second-order valence-corrected chi connectivity index (χ2v) is 8.81. The Morgan fingerprint density at radius 2 is 1.91 bits per heavy atom. The molecule has 0 unspecified atom stereocenters. The van der Waals surface area contributed by atoms with Gasteiger partial charge in [0.1, 0.15) is 17.5 Å². The predicted octanol–water partition coefficient (Wildman–Crippen LogP) is 3.57. The van der Waals surface area contributed by atoms with E-state index < -0.39 is 6.43 Å². The van der Waals surface area contributed by atoms with Crippen LogP contribution >= 0.6 is 0 Å². The van der Waals surface area contributed by atoms with Crippen molar-refractivity contribution in [2.75, 3.05) is 56.7 Å². The van der Waals surface area contributed by atoms with Gasteiger partial charge in [-0.15, -0.1) is 0 Å². The summed E-state index contributed by atoms with van der Waals surface area (Å²) in [5.74, 6) is 2.33. The fourth-order valence-corrected chi connectivity index (χ4v) is 4.59. The van der Waals surface area contributed by atoms with Crippen LogP contribution in [0, 0.1) is 0 Å². The summed E-state index contributed by atoms with van der Waals surface area (Å²) in [5.41, 5.74) is 1.17. The largest absolute Gasteiger partial charge is 0.378 e. The zero-order chi connectivity index (χ0) is 22.1. The number of nitrogens with zero attached hydrogens (tertiary/aromatic N) is 4. The van der Waals surface area contributed by atoms with Gasteiger partial charge in [-0.2, -0.15) is 0 Å². The van der Waals surface area contributed by atoms with Crippen LogP contribution in [0.15, 0.2) is 30.5 Å². The average molecular weight is 446 g/mol. The van der Waals surface area contributed by atoms with Crippen LogP contribution in [0.5, 0.6) is 0 Å². The van der Waals surface area contributed by atoms with Gasteiger partial charge in [0.25, 0.3) is 6.43 Å². The van der Waals surface area contributed by atoms with E-state index in [1.165, 1.54) is 23.9 Å². The summed E-state index contributed by atoms with van der Waals surface area (Å²) < 4.78 is 37.0. The van der Waals surface area contributed by atoms with Crippen LogP contribution < -0.4 is 10.2 Å². The number of piperidine rings is 1. The fourth-order valence-electron chi connectivity index (χ4n) is 4.59. The van der Waals surface area contributed by atoms with E-state index in [0.717, 1.165) is 58.1 Å². The molecule has 3 saturated heterocycles. The lowest BCUT2D eigenvalue weighted by atomic mass is 9.88. The van der Waals surface area contributed by atoms with Gasteiger partial charge in [0.05, 0.1) is 25.4 Å². The molecule has 3 fully saturated rings. The van der Waals surface area contributed by atoms with Gasteiger partial charge < -0.3 is 19.7 Å². The lowest BCUT2D eigenvalue weighted by molar-refractivity contribution is -0.0712. The van der Waals surface area contributed by atoms with Crippen LogP contribution in [0.4, 0.5) is 26.2 Å². The molecule has 1 N–H and O–H groups in total. The molecule has 0 aromatic carbocycles. The molecule has 0 atom stereocenters. The number of nitrogens with one attached hydrogen (secondary N) is 1. The Bertz CT molecular complexity index is 928. The zero-order valence-electron chi connectivity index (χ0n) is 18.2. The highest BCUT2D eigenvalue weighted by Crippen LogP contribution is 2.34. The molecule has 5 heterocycles. The van der Waals surface area contributed by atoms with Gasteiger partial charge in [0.2, 0.25) is 0 Å². The van der Waals surface area contributed by atoms with Crippen LogP contribution in [0.25, 0.3) is 0 Å². The molecule has 172 valence electrons. The number of aromatic nitrogens is 2. The Hall–Kier alpha value is -2.36. The molecule has 2 aromatic heterocycles. The van der Waals surface area contributed by atoms with Crippen LogP contribution in [0.3, 0.4) is 0 Å². The maximum Gasteiger partial charge on any atom is 0.264 e. The first kappa shape index (κ1) is 21.5. The summed E-state index contributed by atoms with van der Waals surface area (Å²) in [4.78, 5) is 13.7. The summed E-state index contributed by atoms with van der Waals surface area (Å²) in [6.45, 7) is 5.41. The maximum absolute atomic E-state index is 13.1. The number of rotatable bonds is 7. The number of alkyl halides is 2. The number of hydrogen-bond donors (Lipinski definition) is 1. The second kappa shape index (κ2) is 9.25. The standard InChI is InChI=1S/C23H29F2N5O2/c1-31-19-11-30(12-19)22-10-17(15-3-6-29(7-4-15)18-13-32-14-18)9-21(28-22)27-20-8-16(23(24)25)2-5-26-20/h2,5,8-10,15,18-19,23H,3-4,6-7,11-14H2,1H3,(H,26,27,28). The Kier molecular flexibility index (Phi) is 6.21. The van der Waals surface area contributed by atoms with E-state index in [1.54, 1.807) is 7.11 Å². The van der Waals surface area contributed by atoms with E-state index >= 15 is 0 Å². The minimum atomic E-state index is -2.54. The Balaban J connectivity index is 1.36. The normalized spacial score (nSPS) is 20.9. The molecule has 7 nitrogen and oxygen atoms in total. The van der Waals surface area contributed by atoms with E-state index in [9.17, 15) is 8.78 Å². The van der Waals surface area contributed by atoms with Gasteiger partial charge in [-0.25, -0.2) is 18.7 Å². The summed E-state index contributed by atoms with van der Waals surface area (Å²) in [7, 11) is 1.72. The molecule has 2 aromatic rings. The number of hydrogen-bond acceptors (Lipinski definition) is 7. The first-order valence-corrected chi connectivity index (χ1v) is 11.2. The lowest BCUT2D eigenvalue weighted by Gasteiger charge is -2.42. The molecule has 0 amide bonds. The minimum Gasteiger partial charge on any atom is -0.378 e. The number of ether oxygens (including phenoxy) is 2. The third-order valence-electron chi connectivity index (χ3n) is 6.77. The first-order chi connectivity index (χ1) is 15.6. The van der Waals surface area contributed by atoms with Crippen molar-refractivity contribution in [3.05, 3.63) is 41.6 Å². The Morgan fingerprint density at radius 3 is 2.56 bits per heavy atom. The molecule has 0 radical (unpaired) electrons. The van der Waals surface area contributed by atoms with Gasteiger partial charge >= 0.3 is 0 Å². The van der Waals surface area contributed by atoms with Crippen molar-refractivity contribution in [3.8, 4) is 0 Å². The Morgan fingerprint density at radius 1 is 1.12 bits per heavy atom. The topological polar surface area (TPSA) is 62.8 Å². The van der Waals surface area contributed by atoms with E-state index in [2.05, 4.69) is 26.2 Å². The lowest BCUT2D eigenvalue weighted by Crippen LogP contribution is -2.52. The van der Waals surface area contributed by atoms with Gasteiger partial charge in [-0.1, -0.05) is 0 Å². The van der Waals surface area contributed by atoms with Crippen LogP contribution in [-0.4, -0.2) is 73.5 Å². The second-order valence-electron chi connectivity index (χ2n) is 8.81. The SMILES string of the molecule is COC1CN(c2cc(C3CCN(C4COC4)CC3)cc(Nc3cc(C(F)F)ccn3)n2)C1. The van der Waals surface area contributed by atoms with Crippen molar-refractivity contribution in [1.29, 1.82) is 0 Å². The molecule has 0 saturated carbocycles. The molecule has 0 aliphatic carbocycles. The number of likely N-dealkylation sites (tertiary alicyclic amines) is 1. The van der Waals surface area contributed by atoms with Crippen LogP contribution in [0.1, 0.15) is 36.3 Å². The van der Waals surface area contributed by atoms with Crippen molar-refractivity contribution in [1.82, 2.24) is 14.9 Å². The predicted molar refractivity (Wildman–Crippen MR) is 118 cm³/mol. The highest BCUT2D eigenvalue weighted by atomic mass is 19.3. The molecule has 0 bridgehead atoms. The number of halogens is 2. The first-order valence-electron chi connectivity index (χ1n) is 11.2. The van der Waals surface area contributed by atoms with Crippen molar-refractivity contribution in [2.45, 2.75) is 37.3 Å². The van der Waals surface area contributed by atoms with Crippen molar-refractivity contribution >= 4 is 17.5 Å². The van der Waals surface area contributed by atoms with Gasteiger partial charge in [0, 0.05) is 32.0 Å². The fraction of sp³-hybridized carbons (Fsp3) is 0.565. The molecule has 5 rings (SSSR count). The number of methoxy groups -OCH3 is 1. The monoisotopic (exact) mass is 445 g/mol. The molecule has 3 aliphatic rings. The quantitative estimate of drug-likeness (QED) is 0.699. The molecular formula is C23H29F2N5O2. The van der Waals surface area contributed by atoms with E-state index in [4.69, 9.17) is 14.5 Å². The van der Waals surface area contributed by atoms with Crippen molar-refractivity contribution in [3.63, 3.8) is 0 Å². The molecule has 32 heavy (non-hydrogen) atoms. The van der Waals surface area contributed by atoms with Crippen molar-refractivity contribution in [2.24, 2.45) is 0 Å². The highest BCUT2D eigenvalue weighted by molar-refractivity contribution is 5.59. The van der Waals surface area contributed by atoms with Crippen molar-refractivity contribution < 1.29 is 18.3 Å². The van der Waals surface area contributed by atoms with Crippen LogP contribution in [0.2, 0.25) is 0 Å². The molecular weight excluding hydrogens is 416 g/mol. The third-order valence-corrected chi connectivity index (χ3v) is 6.77. The maximum atomic E-state index is 13.1. The molecule has 9 heteroatoms. The van der Waals surface area contributed by atoms with E-state index in [-0.39, 0.29) is 11.7 Å². The Labute approximate surface area is 186 Å². The molecule has 0 spiro atoms. The summed E-state index contributed by atoms with van der Waals surface area (Å²) in [6, 6.07) is 7.49.